The molecule has 6 nitrogen and oxygen atoms in total. The third kappa shape index (κ3) is 3.69. The Balaban J connectivity index is 1.68. The van der Waals surface area contributed by atoms with Crippen molar-refractivity contribution in [2.75, 3.05) is 25.0 Å². The van der Waals surface area contributed by atoms with Gasteiger partial charge in [0.15, 0.2) is 6.29 Å². The molecule has 0 saturated carbocycles. The zero-order valence-corrected chi connectivity index (χ0v) is 16.2. The first-order valence-corrected chi connectivity index (χ1v) is 10.5. The Labute approximate surface area is 164 Å². The molecule has 4 rings (SSSR count). The Bertz CT molecular complexity index is 1090. The van der Waals surface area contributed by atoms with Crippen LogP contribution in [0.1, 0.15) is 18.3 Å². The van der Waals surface area contributed by atoms with E-state index >= 15 is 0 Å². The highest BCUT2D eigenvalue weighted by Gasteiger charge is 2.21. The first-order chi connectivity index (χ1) is 13.6. The molecule has 0 radical (unpaired) electrons. The number of rotatable bonds is 5. The smallest absolute Gasteiger partial charge is 0.262 e. The van der Waals surface area contributed by atoms with E-state index < -0.39 is 16.3 Å². The molecular weight excluding hydrogens is 378 g/mol. The Kier molecular flexibility index (Phi) is 5.21. The average Bonchev–Trinajstić information content (AvgIpc) is 2.73. The predicted octanol–water partition coefficient (Wildman–Crippen LogP) is 4.08. The third-order valence-corrected chi connectivity index (χ3v) is 6.03. The van der Waals surface area contributed by atoms with Gasteiger partial charge in [-0.15, -0.1) is 0 Å². The Hall–Kier alpha value is -2.61. The molecule has 7 heteroatoms. The molecule has 1 N–H and O–H groups in total. The highest BCUT2D eigenvalue weighted by Crippen LogP contribution is 2.32. The molecule has 0 amide bonds. The summed E-state index contributed by atoms with van der Waals surface area (Å²) in [6.07, 6.45) is 0.382. The second kappa shape index (κ2) is 7.79. The SMILES string of the molecule is COc1ccc(S(=O)(=O)Nc2cccc(C3OCCCO3)c2)c2ccccc12. The molecule has 146 valence electrons. The van der Waals surface area contributed by atoms with E-state index in [2.05, 4.69) is 4.72 Å². The van der Waals surface area contributed by atoms with E-state index in [-0.39, 0.29) is 4.90 Å². The molecule has 28 heavy (non-hydrogen) atoms. The summed E-state index contributed by atoms with van der Waals surface area (Å²) in [6.45, 7) is 1.25. The molecule has 0 spiro atoms. The quantitative estimate of drug-likeness (QED) is 0.700. The van der Waals surface area contributed by atoms with Gasteiger partial charge in [0, 0.05) is 22.0 Å². The summed E-state index contributed by atoms with van der Waals surface area (Å²) >= 11 is 0. The monoisotopic (exact) mass is 399 g/mol. The summed E-state index contributed by atoms with van der Waals surface area (Å²) in [7, 11) is -2.23. The second-order valence-corrected chi connectivity index (χ2v) is 8.12. The molecule has 0 unspecified atom stereocenters. The van der Waals surface area contributed by atoms with Crippen LogP contribution in [-0.4, -0.2) is 28.7 Å². The minimum atomic E-state index is -3.80. The predicted molar refractivity (Wildman–Crippen MR) is 107 cm³/mol. The van der Waals surface area contributed by atoms with Gasteiger partial charge in [0.1, 0.15) is 5.75 Å². The van der Waals surface area contributed by atoms with Gasteiger partial charge < -0.3 is 14.2 Å². The van der Waals surface area contributed by atoms with Crippen molar-refractivity contribution in [1.82, 2.24) is 0 Å². The van der Waals surface area contributed by atoms with Crippen LogP contribution in [0, 0.1) is 0 Å². The van der Waals surface area contributed by atoms with Gasteiger partial charge in [-0.3, -0.25) is 4.72 Å². The molecule has 0 aliphatic carbocycles. The minimum Gasteiger partial charge on any atom is -0.496 e. The van der Waals surface area contributed by atoms with E-state index in [1.807, 2.05) is 18.2 Å². The molecule has 3 aromatic carbocycles. The molecule has 0 bridgehead atoms. The summed E-state index contributed by atoms with van der Waals surface area (Å²) in [5.41, 5.74) is 1.23. The Morgan fingerprint density at radius 3 is 2.46 bits per heavy atom. The van der Waals surface area contributed by atoms with Crippen LogP contribution in [0.2, 0.25) is 0 Å². The lowest BCUT2D eigenvalue weighted by atomic mass is 10.1. The lowest BCUT2D eigenvalue weighted by molar-refractivity contribution is -0.183. The van der Waals surface area contributed by atoms with E-state index in [1.54, 1.807) is 49.6 Å². The Morgan fingerprint density at radius 2 is 1.71 bits per heavy atom. The van der Waals surface area contributed by atoms with E-state index in [4.69, 9.17) is 14.2 Å². The van der Waals surface area contributed by atoms with Crippen molar-refractivity contribution in [1.29, 1.82) is 0 Å². The van der Waals surface area contributed by atoms with Crippen LogP contribution < -0.4 is 9.46 Å². The molecule has 1 aliphatic heterocycles. The van der Waals surface area contributed by atoms with Gasteiger partial charge in [-0.25, -0.2) is 8.42 Å². The van der Waals surface area contributed by atoms with Gasteiger partial charge in [-0.2, -0.15) is 0 Å². The maximum Gasteiger partial charge on any atom is 0.262 e. The molecule has 1 saturated heterocycles. The third-order valence-electron chi connectivity index (χ3n) is 4.59. The summed E-state index contributed by atoms with van der Waals surface area (Å²) in [5, 5.41) is 1.34. The first-order valence-electron chi connectivity index (χ1n) is 9.00. The van der Waals surface area contributed by atoms with Gasteiger partial charge in [-0.05, 0) is 30.7 Å². The van der Waals surface area contributed by atoms with Crippen molar-refractivity contribution in [2.24, 2.45) is 0 Å². The number of ether oxygens (including phenoxy) is 3. The zero-order valence-electron chi connectivity index (χ0n) is 15.4. The number of hydrogen-bond donors (Lipinski definition) is 1. The van der Waals surface area contributed by atoms with Gasteiger partial charge >= 0.3 is 0 Å². The minimum absolute atomic E-state index is 0.194. The van der Waals surface area contributed by atoms with Crippen LogP contribution in [0.25, 0.3) is 10.8 Å². The van der Waals surface area contributed by atoms with Crippen LogP contribution in [0.4, 0.5) is 5.69 Å². The number of anilines is 1. The van der Waals surface area contributed by atoms with Gasteiger partial charge in [0.25, 0.3) is 10.0 Å². The summed E-state index contributed by atoms with van der Waals surface area (Å²) in [5.74, 6) is 0.628. The van der Waals surface area contributed by atoms with Crippen LogP contribution >= 0.6 is 0 Å². The Morgan fingerprint density at radius 1 is 0.964 bits per heavy atom. The standard InChI is InChI=1S/C21H21NO5S/c1-25-19-10-11-20(18-9-3-2-8-17(18)19)28(23,24)22-16-7-4-6-15(14-16)21-26-12-5-13-27-21/h2-4,6-11,14,21-22H,5,12-13H2,1H3. The van der Waals surface area contributed by atoms with E-state index in [0.29, 0.717) is 30.0 Å². The lowest BCUT2D eigenvalue weighted by Gasteiger charge is -2.23. The number of sulfonamides is 1. The van der Waals surface area contributed by atoms with Crippen molar-refractivity contribution in [2.45, 2.75) is 17.6 Å². The maximum absolute atomic E-state index is 13.1. The van der Waals surface area contributed by atoms with Gasteiger partial charge in [0.05, 0.1) is 25.2 Å². The van der Waals surface area contributed by atoms with Crippen LogP contribution in [0.5, 0.6) is 5.75 Å². The van der Waals surface area contributed by atoms with E-state index in [9.17, 15) is 8.42 Å². The molecular formula is C21H21NO5S. The van der Waals surface area contributed by atoms with Gasteiger partial charge in [-0.1, -0.05) is 36.4 Å². The fourth-order valence-corrected chi connectivity index (χ4v) is 4.56. The highest BCUT2D eigenvalue weighted by molar-refractivity contribution is 7.93. The highest BCUT2D eigenvalue weighted by atomic mass is 32.2. The van der Waals surface area contributed by atoms with Crippen molar-refractivity contribution in [3.63, 3.8) is 0 Å². The number of hydrogen-bond acceptors (Lipinski definition) is 5. The van der Waals surface area contributed by atoms with Crippen molar-refractivity contribution >= 4 is 26.5 Å². The summed E-state index contributed by atoms with van der Waals surface area (Å²) in [6, 6.07) is 17.6. The summed E-state index contributed by atoms with van der Waals surface area (Å²) < 4.78 is 45.4. The van der Waals surface area contributed by atoms with E-state index in [1.165, 1.54) is 0 Å². The fourth-order valence-electron chi connectivity index (χ4n) is 3.30. The maximum atomic E-state index is 13.1. The number of nitrogens with one attached hydrogen (secondary N) is 1. The topological polar surface area (TPSA) is 73.9 Å². The molecule has 3 aromatic rings. The lowest BCUT2D eigenvalue weighted by Crippen LogP contribution is -2.18. The van der Waals surface area contributed by atoms with Crippen molar-refractivity contribution in [3.8, 4) is 5.75 Å². The second-order valence-electron chi connectivity index (χ2n) is 6.47. The van der Waals surface area contributed by atoms with Crippen LogP contribution in [0.3, 0.4) is 0 Å². The van der Waals surface area contributed by atoms with Crippen LogP contribution in [-0.2, 0) is 19.5 Å². The normalized spacial score (nSPS) is 15.5. The molecule has 1 fully saturated rings. The molecule has 0 aromatic heterocycles. The number of methoxy groups -OCH3 is 1. The van der Waals surface area contributed by atoms with Crippen molar-refractivity contribution in [3.05, 3.63) is 66.2 Å². The average molecular weight is 399 g/mol. The molecule has 0 atom stereocenters. The van der Waals surface area contributed by atoms with Crippen molar-refractivity contribution < 1.29 is 22.6 Å². The van der Waals surface area contributed by atoms with Crippen LogP contribution in [0.15, 0.2) is 65.6 Å². The molecule has 1 aliphatic rings. The first kappa shape index (κ1) is 18.7. The fraction of sp³-hybridized carbons (Fsp3) is 0.238. The summed E-state index contributed by atoms with van der Waals surface area (Å²) in [4.78, 5) is 0.194. The zero-order chi connectivity index (χ0) is 19.6. The molecule has 1 heterocycles. The van der Waals surface area contributed by atoms with Gasteiger partial charge in [0.2, 0.25) is 0 Å². The van der Waals surface area contributed by atoms with E-state index in [0.717, 1.165) is 17.4 Å². The number of benzene rings is 3. The largest absolute Gasteiger partial charge is 0.496 e. The number of fused-ring (bicyclic) bond motifs is 1.